The molecule has 0 aliphatic carbocycles. The Hall–Kier alpha value is -3.11. The highest BCUT2D eigenvalue weighted by Gasteiger charge is 2.13. The van der Waals surface area contributed by atoms with Gasteiger partial charge in [-0.05, 0) is 48.0 Å². The van der Waals surface area contributed by atoms with Gasteiger partial charge in [0.2, 0.25) is 0 Å². The maximum absolute atomic E-state index is 12.3. The lowest BCUT2D eigenvalue weighted by atomic mass is 10.1. The fourth-order valence-corrected chi connectivity index (χ4v) is 2.14. The van der Waals surface area contributed by atoms with Crippen molar-refractivity contribution in [2.24, 2.45) is 0 Å². The second-order valence-electron chi connectivity index (χ2n) is 4.92. The topological polar surface area (TPSA) is 71.3 Å². The summed E-state index contributed by atoms with van der Waals surface area (Å²) in [7, 11) is 1.29. The SMILES string of the molecule is COc1cc(C=C(C#N)C(=O)Nc2ccc(Cl)cc2)ccc1OC(F)F. The zero-order valence-electron chi connectivity index (χ0n) is 13.5. The molecule has 0 aliphatic rings. The van der Waals surface area contributed by atoms with Crippen molar-refractivity contribution in [3.63, 3.8) is 0 Å². The lowest BCUT2D eigenvalue weighted by Crippen LogP contribution is -2.13. The molecule has 0 saturated carbocycles. The first kappa shape index (κ1) is 19.2. The average Bonchev–Trinajstić information content (AvgIpc) is 2.62. The van der Waals surface area contributed by atoms with E-state index in [1.54, 1.807) is 30.3 Å². The van der Waals surface area contributed by atoms with Crippen molar-refractivity contribution in [1.82, 2.24) is 0 Å². The van der Waals surface area contributed by atoms with Gasteiger partial charge in [-0.3, -0.25) is 4.79 Å². The Kier molecular flexibility index (Phi) is 6.53. The molecule has 0 unspecified atom stereocenters. The van der Waals surface area contributed by atoms with Crippen LogP contribution in [0.2, 0.25) is 5.02 Å². The molecule has 2 aromatic carbocycles. The zero-order valence-corrected chi connectivity index (χ0v) is 14.3. The molecule has 0 aromatic heterocycles. The highest BCUT2D eigenvalue weighted by molar-refractivity contribution is 6.30. The smallest absolute Gasteiger partial charge is 0.387 e. The van der Waals surface area contributed by atoms with Gasteiger partial charge in [-0.15, -0.1) is 0 Å². The van der Waals surface area contributed by atoms with Crippen LogP contribution in [0.25, 0.3) is 6.08 Å². The minimum absolute atomic E-state index is 0.0504. The van der Waals surface area contributed by atoms with Crippen LogP contribution < -0.4 is 14.8 Å². The molecule has 0 saturated heterocycles. The molecule has 2 rings (SSSR count). The van der Waals surface area contributed by atoms with E-state index in [-0.39, 0.29) is 17.1 Å². The molecule has 0 heterocycles. The van der Waals surface area contributed by atoms with E-state index in [0.717, 1.165) is 0 Å². The number of halogens is 3. The van der Waals surface area contributed by atoms with Gasteiger partial charge in [-0.1, -0.05) is 17.7 Å². The average molecular weight is 379 g/mol. The Morgan fingerprint density at radius 2 is 1.92 bits per heavy atom. The van der Waals surface area contributed by atoms with Gasteiger partial charge in [0.05, 0.1) is 7.11 Å². The van der Waals surface area contributed by atoms with Crippen LogP contribution in [0.3, 0.4) is 0 Å². The Morgan fingerprint density at radius 3 is 2.50 bits per heavy atom. The summed E-state index contributed by atoms with van der Waals surface area (Å²) in [6.45, 7) is -3.00. The summed E-state index contributed by atoms with van der Waals surface area (Å²) in [6, 6.07) is 12.2. The molecule has 0 fully saturated rings. The van der Waals surface area contributed by atoms with Gasteiger partial charge in [0.15, 0.2) is 11.5 Å². The molecule has 134 valence electrons. The first-order valence-corrected chi connectivity index (χ1v) is 7.62. The summed E-state index contributed by atoms with van der Waals surface area (Å²) in [5.41, 5.74) is 0.703. The van der Waals surface area contributed by atoms with Crippen molar-refractivity contribution >= 4 is 29.3 Å². The van der Waals surface area contributed by atoms with E-state index < -0.39 is 12.5 Å². The number of ether oxygens (including phenoxy) is 2. The van der Waals surface area contributed by atoms with Crippen LogP contribution in [0.4, 0.5) is 14.5 Å². The molecular formula is C18H13ClF2N2O3. The fraction of sp³-hybridized carbons (Fsp3) is 0.111. The minimum Gasteiger partial charge on any atom is -0.493 e. The number of hydrogen-bond acceptors (Lipinski definition) is 4. The van der Waals surface area contributed by atoms with E-state index in [1.807, 2.05) is 0 Å². The van der Waals surface area contributed by atoms with Crippen LogP contribution in [0.5, 0.6) is 11.5 Å². The number of nitrogens with one attached hydrogen (secondary N) is 1. The maximum Gasteiger partial charge on any atom is 0.387 e. The molecule has 0 spiro atoms. The Morgan fingerprint density at radius 1 is 1.23 bits per heavy atom. The number of alkyl halides is 2. The molecule has 5 nitrogen and oxygen atoms in total. The van der Waals surface area contributed by atoms with Crippen molar-refractivity contribution in [2.45, 2.75) is 6.61 Å². The molecule has 26 heavy (non-hydrogen) atoms. The molecule has 0 aliphatic heterocycles. The van der Waals surface area contributed by atoms with Crippen molar-refractivity contribution in [3.8, 4) is 17.6 Å². The number of carbonyl (C=O) groups excluding carboxylic acids is 1. The standard InChI is InChI=1S/C18H13ClF2N2O3/c1-25-16-9-11(2-7-15(16)26-18(20)21)8-12(10-22)17(24)23-14-5-3-13(19)4-6-14/h2-9,18H,1H3,(H,23,24). The predicted molar refractivity (Wildman–Crippen MR) is 93.3 cm³/mol. The fourth-order valence-electron chi connectivity index (χ4n) is 2.01. The monoisotopic (exact) mass is 378 g/mol. The third-order valence-electron chi connectivity index (χ3n) is 3.18. The van der Waals surface area contributed by atoms with Gasteiger partial charge in [-0.2, -0.15) is 14.0 Å². The first-order valence-electron chi connectivity index (χ1n) is 7.24. The largest absolute Gasteiger partial charge is 0.493 e. The summed E-state index contributed by atoms with van der Waals surface area (Å²) in [6.07, 6.45) is 1.31. The number of amides is 1. The van der Waals surface area contributed by atoms with Crippen molar-refractivity contribution in [2.75, 3.05) is 12.4 Å². The van der Waals surface area contributed by atoms with Gasteiger partial charge >= 0.3 is 6.61 Å². The summed E-state index contributed by atoms with van der Waals surface area (Å²) >= 11 is 5.77. The third kappa shape index (κ3) is 5.19. The van der Waals surface area contributed by atoms with Crippen LogP contribution in [0.15, 0.2) is 48.0 Å². The van der Waals surface area contributed by atoms with Crippen molar-refractivity contribution in [1.29, 1.82) is 5.26 Å². The van der Waals surface area contributed by atoms with E-state index in [4.69, 9.17) is 16.3 Å². The van der Waals surface area contributed by atoms with Gasteiger partial charge in [0.25, 0.3) is 5.91 Å². The molecular weight excluding hydrogens is 366 g/mol. The Balaban J connectivity index is 2.23. The quantitative estimate of drug-likeness (QED) is 0.593. The molecule has 1 N–H and O–H groups in total. The first-order chi connectivity index (χ1) is 12.4. The second-order valence-corrected chi connectivity index (χ2v) is 5.36. The number of rotatable bonds is 6. The zero-order chi connectivity index (χ0) is 19.1. The van der Waals surface area contributed by atoms with Crippen molar-refractivity contribution < 1.29 is 23.0 Å². The normalized spacial score (nSPS) is 11.0. The van der Waals surface area contributed by atoms with Crippen LogP contribution in [-0.4, -0.2) is 19.6 Å². The molecule has 1 amide bonds. The summed E-state index contributed by atoms with van der Waals surface area (Å²) in [5, 5.41) is 12.3. The number of nitrogens with zero attached hydrogens (tertiary/aromatic N) is 1. The number of carbonyl (C=O) groups is 1. The number of anilines is 1. The van der Waals surface area contributed by atoms with Crippen LogP contribution in [-0.2, 0) is 4.79 Å². The van der Waals surface area contributed by atoms with Gasteiger partial charge in [0.1, 0.15) is 11.6 Å². The highest BCUT2D eigenvalue weighted by atomic mass is 35.5. The molecule has 8 heteroatoms. The van der Waals surface area contributed by atoms with Crippen LogP contribution in [0.1, 0.15) is 5.56 Å². The third-order valence-corrected chi connectivity index (χ3v) is 3.43. The lowest BCUT2D eigenvalue weighted by molar-refractivity contribution is -0.112. The molecule has 2 aromatic rings. The van der Waals surface area contributed by atoms with Crippen LogP contribution >= 0.6 is 11.6 Å². The summed E-state index contributed by atoms with van der Waals surface area (Å²) < 4.78 is 34.0. The predicted octanol–water partition coefficient (Wildman–Crippen LogP) is 4.50. The van der Waals surface area contributed by atoms with Gasteiger partial charge < -0.3 is 14.8 Å². The summed E-state index contributed by atoms with van der Waals surface area (Å²) in [5.74, 6) is -0.722. The van der Waals surface area contributed by atoms with Crippen molar-refractivity contribution in [3.05, 3.63) is 58.6 Å². The van der Waals surface area contributed by atoms with E-state index in [2.05, 4.69) is 10.1 Å². The Labute approximate surface area is 153 Å². The van der Waals surface area contributed by atoms with Crippen LogP contribution in [0, 0.1) is 11.3 Å². The summed E-state index contributed by atoms with van der Waals surface area (Å²) in [4.78, 5) is 12.2. The molecule has 0 radical (unpaired) electrons. The number of methoxy groups -OCH3 is 1. The minimum atomic E-state index is -3.00. The van der Waals surface area contributed by atoms with E-state index in [9.17, 15) is 18.8 Å². The van der Waals surface area contributed by atoms with Gasteiger partial charge in [-0.25, -0.2) is 0 Å². The molecule has 0 atom stereocenters. The van der Waals surface area contributed by atoms with E-state index in [1.165, 1.54) is 31.4 Å². The van der Waals surface area contributed by atoms with Gasteiger partial charge in [0, 0.05) is 10.7 Å². The molecule has 0 bridgehead atoms. The van der Waals surface area contributed by atoms with E-state index >= 15 is 0 Å². The lowest BCUT2D eigenvalue weighted by Gasteiger charge is -2.10. The highest BCUT2D eigenvalue weighted by Crippen LogP contribution is 2.30. The number of benzene rings is 2. The number of nitriles is 1. The number of hydrogen-bond donors (Lipinski definition) is 1. The van der Waals surface area contributed by atoms with E-state index in [0.29, 0.717) is 16.3 Å². The Bertz CT molecular complexity index is 862. The second kappa shape index (κ2) is 8.83. The maximum atomic E-state index is 12.3.